The molecule has 0 bridgehead atoms. The first-order chi connectivity index (χ1) is 11.2. The lowest BCUT2D eigenvalue weighted by Crippen LogP contribution is -2.63. The van der Waals surface area contributed by atoms with Gasteiger partial charge < -0.3 is 14.4 Å². The Hall–Kier alpha value is -1.44. The summed E-state index contributed by atoms with van der Waals surface area (Å²) in [7, 11) is 0. The van der Waals surface area contributed by atoms with Crippen LogP contribution in [0.15, 0.2) is 12.3 Å². The largest absolute Gasteiger partial charge is 0.379 e. The second kappa shape index (κ2) is 5.89. The van der Waals surface area contributed by atoms with Gasteiger partial charge in [0.2, 0.25) is 0 Å². The van der Waals surface area contributed by atoms with Crippen molar-refractivity contribution in [2.75, 3.05) is 46.0 Å². The number of carbonyl (C=O) groups is 1. The van der Waals surface area contributed by atoms with Crippen LogP contribution in [-0.4, -0.2) is 83.1 Å². The minimum atomic E-state index is -0.133. The minimum absolute atomic E-state index is 0.0150. The maximum Gasteiger partial charge on any atom is 0.274 e. The SMILES string of the molecule is CCn1ccc(C(=O)N2CC3(CC(N4CCOCC4)CO3)C2)n1. The molecule has 3 fully saturated rings. The third-order valence-electron chi connectivity index (χ3n) is 5.18. The van der Waals surface area contributed by atoms with Crippen LogP contribution in [0.3, 0.4) is 0 Å². The molecule has 4 rings (SSSR count). The molecule has 3 aliphatic heterocycles. The normalized spacial score (nSPS) is 27.3. The Balaban J connectivity index is 1.33. The third-order valence-corrected chi connectivity index (χ3v) is 5.18. The molecule has 0 N–H and O–H groups in total. The fraction of sp³-hybridized carbons (Fsp3) is 0.750. The summed E-state index contributed by atoms with van der Waals surface area (Å²) in [5, 5.41) is 4.30. The Morgan fingerprint density at radius 1 is 1.39 bits per heavy atom. The molecular weight excluding hydrogens is 296 g/mol. The van der Waals surface area contributed by atoms with Crippen LogP contribution >= 0.6 is 0 Å². The van der Waals surface area contributed by atoms with Gasteiger partial charge in [0, 0.05) is 31.9 Å². The molecule has 0 radical (unpaired) electrons. The maximum atomic E-state index is 12.4. The highest BCUT2D eigenvalue weighted by Crippen LogP contribution is 2.37. The highest BCUT2D eigenvalue weighted by molar-refractivity contribution is 5.93. The molecule has 7 heteroatoms. The summed E-state index contributed by atoms with van der Waals surface area (Å²) in [6.07, 6.45) is 2.86. The predicted octanol–water partition coefficient (Wildman–Crippen LogP) is 0.219. The van der Waals surface area contributed by atoms with Gasteiger partial charge in [0.05, 0.1) is 32.9 Å². The number of aromatic nitrogens is 2. The predicted molar refractivity (Wildman–Crippen MR) is 83.3 cm³/mol. The van der Waals surface area contributed by atoms with Gasteiger partial charge >= 0.3 is 0 Å². The maximum absolute atomic E-state index is 12.4. The molecule has 1 spiro atoms. The monoisotopic (exact) mass is 320 g/mol. The molecule has 1 aromatic heterocycles. The Bertz CT molecular complexity index is 576. The van der Waals surface area contributed by atoms with Gasteiger partial charge in [0.1, 0.15) is 11.3 Å². The highest BCUT2D eigenvalue weighted by atomic mass is 16.5. The first kappa shape index (κ1) is 15.1. The van der Waals surface area contributed by atoms with Crippen molar-refractivity contribution in [3.8, 4) is 0 Å². The van der Waals surface area contributed by atoms with Gasteiger partial charge in [0.15, 0.2) is 0 Å². The number of carbonyl (C=O) groups excluding carboxylic acids is 1. The van der Waals surface area contributed by atoms with E-state index in [0.717, 1.165) is 45.9 Å². The van der Waals surface area contributed by atoms with Crippen molar-refractivity contribution in [3.63, 3.8) is 0 Å². The van der Waals surface area contributed by atoms with Crippen LogP contribution in [0, 0.1) is 0 Å². The van der Waals surface area contributed by atoms with Crippen LogP contribution < -0.4 is 0 Å². The van der Waals surface area contributed by atoms with E-state index in [2.05, 4.69) is 10.00 Å². The second-order valence-corrected chi connectivity index (χ2v) is 6.72. The van der Waals surface area contributed by atoms with Crippen molar-refractivity contribution in [1.82, 2.24) is 19.6 Å². The molecule has 0 aromatic carbocycles. The number of nitrogens with zero attached hydrogens (tertiary/aromatic N) is 4. The van der Waals surface area contributed by atoms with Gasteiger partial charge in [-0.05, 0) is 19.4 Å². The van der Waals surface area contributed by atoms with Crippen LogP contribution in [-0.2, 0) is 16.0 Å². The number of morpholine rings is 1. The summed E-state index contributed by atoms with van der Waals surface area (Å²) in [6, 6.07) is 2.26. The number of rotatable bonds is 3. The molecule has 1 aromatic rings. The first-order valence-corrected chi connectivity index (χ1v) is 8.48. The number of aryl methyl sites for hydroxylation is 1. The van der Waals surface area contributed by atoms with Crippen molar-refractivity contribution in [2.45, 2.75) is 31.5 Å². The van der Waals surface area contributed by atoms with E-state index >= 15 is 0 Å². The Morgan fingerprint density at radius 3 is 2.87 bits per heavy atom. The lowest BCUT2D eigenvalue weighted by atomic mass is 9.88. The van der Waals surface area contributed by atoms with Crippen molar-refractivity contribution in [2.24, 2.45) is 0 Å². The summed E-state index contributed by atoms with van der Waals surface area (Å²) in [5.74, 6) is 0.0150. The van der Waals surface area contributed by atoms with Crippen molar-refractivity contribution < 1.29 is 14.3 Å². The molecule has 1 atom stereocenters. The van der Waals surface area contributed by atoms with E-state index in [-0.39, 0.29) is 11.5 Å². The highest BCUT2D eigenvalue weighted by Gasteiger charge is 2.52. The van der Waals surface area contributed by atoms with E-state index in [1.165, 1.54) is 0 Å². The zero-order valence-corrected chi connectivity index (χ0v) is 13.6. The quantitative estimate of drug-likeness (QED) is 0.797. The Kier molecular flexibility index (Phi) is 3.87. The lowest BCUT2D eigenvalue weighted by Gasteiger charge is -2.47. The van der Waals surface area contributed by atoms with Crippen molar-refractivity contribution in [3.05, 3.63) is 18.0 Å². The second-order valence-electron chi connectivity index (χ2n) is 6.72. The zero-order chi connectivity index (χ0) is 15.9. The molecule has 23 heavy (non-hydrogen) atoms. The molecule has 4 heterocycles. The van der Waals surface area contributed by atoms with E-state index in [0.29, 0.717) is 24.8 Å². The number of amides is 1. The fourth-order valence-corrected chi connectivity index (χ4v) is 3.82. The minimum Gasteiger partial charge on any atom is -0.379 e. The topological polar surface area (TPSA) is 59.8 Å². The van der Waals surface area contributed by atoms with Gasteiger partial charge in [0.25, 0.3) is 5.91 Å². The summed E-state index contributed by atoms with van der Waals surface area (Å²) in [6.45, 7) is 8.54. The summed E-state index contributed by atoms with van der Waals surface area (Å²) >= 11 is 0. The number of ether oxygens (including phenoxy) is 2. The van der Waals surface area contributed by atoms with Crippen molar-refractivity contribution in [1.29, 1.82) is 0 Å². The smallest absolute Gasteiger partial charge is 0.274 e. The summed E-state index contributed by atoms with van der Waals surface area (Å²) in [5.41, 5.74) is 0.399. The van der Waals surface area contributed by atoms with Gasteiger partial charge in [-0.2, -0.15) is 5.10 Å². The molecule has 3 aliphatic rings. The van der Waals surface area contributed by atoms with Crippen LogP contribution in [0.1, 0.15) is 23.8 Å². The van der Waals surface area contributed by atoms with Gasteiger partial charge in [-0.25, -0.2) is 0 Å². The molecule has 0 aliphatic carbocycles. The van der Waals surface area contributed by atoms with Crippen LogP contribution in [0.5, 0.6) is 0 Å². The number of hydrogen-bond acceptors (Lipinski definition) is 5. The molecule has 1 amide bonds. The van der Waals surface area contributed by atoms with Gasteiger partial charge in [-0.15, -0.1) is 0 Å². The van der Waals surface area contributed by atoms with E-state index in [4.69, 9.17) is 9.47 Å². The van der Waals surface area contributed by atoms with Crippen molar-refractivity contribution >= 4 is 5.91 Å². The molecule has 7 nitrogen and oxygen atoms in total. The molecule has 0 saturated carbocycles. The van der Waals surface area contributed by atoms with Crippen LogP contribution in [0.4, 0.5) is 0 Å². The van der Waals surface area contributed by atoms with Gasteiger partial charge in [-0.1, -0.05) is 0 Å². The summed E-state index contributed by atoms with van der Waals surface area (Å²) < 4.78 is 13.3. The molecule has 1 unspecified atom stereocenters. The molecular formula is C16H24N4O3. The lowest BCUT2D eigenvalue weighted by molar-refractivity contribution is -0.0953. The number of hydrogen-bond donors (Lipinski definition) is 0. The van der Waals surface area contributed by atoms with E-state index in [1.54, 1.807) is 10.7 Å². The van der Waals surface area contributed by atoms with E-state index < -0.39 is 0 Å². The first-order valence-electron chi connectivity index (χ1n) is 8.48. The zero-order valence-electron chi connectivity index (χ0n) is 13.6. The van der Waals surface area contributed by atoms with Crippen LogP contribution in [0.25, 0.3) is 0 Å². The Labute approximate surface area is 136 Å². The summed E-state index contributed by atoms with van der Waals surface area (Å²) in [4.78, 5) is 16.8. The standard InChI is InChI=1S/C16H24N4O3/c1-2-20-4-3-14(17-20)15(21)19-11-16(12-19)9-13(10-23-16)18-5-7-22-8-6-18/h3-4,13H,2,5-12H2,1H3. The van der Waals surface area contributed by atoms with E-state index in [9.17, 15) is 4.79 Å². The average molecular weight is 320 g/mol. The van der Waals surface area contributed by atoms with Crippen LogP contribution in [0.2, 0.25) is 0 Å². The van der Waals surface area contributed by atoms with E-state index in [1.807, 2.05) is 18.0 Å². The average Bonchev–Trinajstić information content (AvgIpc) is 3.21. The molecule has 126 valence electrons. The fourth-order valence-electron chi connectivity index (χ4n) is 3.82. The van der Waals surface area contributed by atoms with Gasteiger partial charge in [-0.3, -0.25) is 14.4 Å². The third kappa shape index (κ3) is 2.77. The Morgan fingerprint density at radius 2 is 2.17 bits per heavy atom. The number of likely N-dealkylation sites (tertiary alicyclic amines) is 1. The molecule has 3 saturated heterocycles.